The molecule has 0 amide bonds. The van der Waals surface area contributed by atoms with Gasteiger partial charge in [-0.05, 0) is 24.3 Å². The third kappa shape index (κ3) is 2.23. The van der Waals surface area contributed by atoms with Gasteiger partial charge >= 0.3 is 0 Å². The zero-order valence-electron chi connectivity index (χ0n) is 7.54. The van der Waals surface area contributed by atoms with Crippen molar-refractivity contribution in [2.75, 3.05) is 0 Å². The Labute approximate surface area is 82.2 Å². The van der Waals surface area contributed by atoms with Crippen molar-refractivity contribution in [3.63, 3.8) is 0 Å². The Kier molecular flexibility index (Phi) is 2.62. The van der Waals surface area contributed by atoms with E-state index in [4.69, 9.17) is 0 Å². The molecule has 2 aromatic heterocycles. The first kappa shape index (κ1) is 8.56. The molecule has 0 spiro atoms. The molecule has 68 valence electrons. The van der Waals surface area contributed by atoms with Crippen molar-refractivity contribution >= 4 is 12.0 Å². The number of aliphatic imine (C=N–C) groups is 1. The Bertz CT molecular complexity index is 368. The smallest absolute Gasteiger partial charge is 0.151 e. The molecule has 0 saturated heterocycles. The van der Waals surface area contributed by atoms with E-state index in [1.807, 2.05) is 36.4 Å². The fourth-order valence-corrected chi connectivity index (χ4v) is 1.01. The maximum atomic E-state index is 4.18. The highest BCUT2D eigenvalue weighted by atomic mass is 14.9. The molecule has 0 radical (unpaired) electrons. The summed E-state index contributed by atoms with van der Waals surface area (Å²) in [6.07, 6.45) is 5.15. The van der Waals surface area contributed by atoms with Crippen LogP contribution >= 0.6 is 0 Å². The van der Waals surface area contributed by atoms with Gasteiger partial charge < -0.3 is 0 Å². The van der Waals surface area contributed by atoms with Gasteiger partial charge in [-0.1, -0.05) is 12.1 Å². The lowest BCUT2D eigenvalue weighted by Crippen LogP contribution is -1.84. The summed E-state index contributed by atoms with van der Waals surface area (Å²) < 4.78 is 0. The summed E-state index contributed by atoms with van der Waals surface area (Å²) in [7, 11) is 0. The molecule has 0 aromatic carbocycles. The number of hydrogen-bond acceptors (Lipinski definition) is 3. The average Bonchev–Trinajstić information content (AvgIpc) is 2.29. The SMILES string of the molecule is C(=N/c1ccccn1)/c1ccccn1. The molecule has 3 heteroatoms. The maximum absolute atomic E-state index is 4.18. The molecule has 0 aliphatic rings. The summed E-state index contributed by atoms with van der Waals surface area (Å²) >= 11 is 0. The van der Waals surface area contributed by atoms with Crippen LogP contribution in [0.25, 0.3) is 0 Å². The average molecular weight is 183 g/mol. The first-order chi connectivity index (χ1) is 6.95. The minimum absolute atomic E-state index is 0.693. The van der Waals surface area contributed by atoms with E-state index >= 15 is 0 Å². The molecule has 2 rings (SSSR count). The zero-order chi connectivity index (χ0) is 9.64. The third-order valence-corrected chi connectivity index (χ3v) is 1.67. The fourth-order valence-electron chi connectivity index (χ4n) is 1.01. The number of rotatable bonds is 2. The summed E-state index contributed by atoms with van der Waals surface area (Å²) in [5.74, 6) is 0.693. The summed E-state index contributed by atoms with van der Waals surface area (Å²) in [5, 5.41) is 0. The Morgan fingerprint density at radius 2 is 1.71 bits per heavy atom. The third-order valence-electron chi connectivity index (χ3n) is 1.67. The molecule has 3 nitrogen and oxygen atoms in total. The molecule has 14 heavy (non-hydrogen) atoms. The van der Waals surface area contributed by atoms with Gasteiger partial charge in [-0.15, -0.1) is 0 Å². The van der Waals surface area contributed by atoms with Crippen LogP contribution in [0.1, 0.15) is 5.69 Å². The standard InChI is InChI=1S/C11H9N3/c1-3-7-12-10(5-1)9-14-11-6-2-4-8-13-11/h1-9H/b14-9-. The van der Waals surface area contributed by atoms with E-state index in [0.29, 0.717) is 5.82 Å². The van der Waals surface area contributed by atoms with Crippen molar-refractivity contribution in [3.8, 4) is 0 Å². The summed E-state index contributed by atoms with van der Waals surface area (Å²) in [6.45, 7) is 0. The van der Waals surface area contributed by atoms with E-state index < -0.39 is 0 Å². The topological polar surface area (TPSA) is 38.1 Å². The van der Waals surface area contributed by atoms with E-state index in [1.165, 1.54) is 0 Å². The molecule has 2 aromatic rings. The van der Waals surface area contributed by atoms with Crippen molar-refractivity contribution in [2.45, 2.75) is 0 Å². The Hall–Kier alpha value is -2.03. The predicted octanol–water partition coefficient (Wildman–Crippen LogP) is 2.23. The number of nitrogens with zero attached hydrogens (tertiary/aromatic N) is 3. The summed E-state index contributed by atoms with van der Waals surface area (Å²) in [6, 6.07) is 11.3. The molecule has 0 bridgehead atoms. The maximum Gasteiger partial charge on any atom is 0.151 e. The molecule has 0 fully saturated rings. The van der Waals surface area contributed by atoms with E-state index in [9.17, 15) is 0 Å². The molecule has 0 atom stereocenters. The van der Waals surface area contributed by atoms with Crippen molar-refractivity contribution in [1.82, 2.24) is 9.97 Å². The largest absolute Gasteiger partial charge is 0.255 e. The van der Waals surface area contributed by atoms with Crippen LogP contribution in [-0.4, -0.2) is 16.2 Å². The Morgan fingerprint density at radius 3 is 2.36 bits per heavy atom. The molecule has 0 N–H and O–H groups in total. The highest BCUT2D eigenvalue weighted by molar-refractivity contribution is 5.78. The van der Waals surface area contributed by atoms with Crippen molar-refractivity contribution in [1.29, 1.82) is 0 Å². The van der Waals surface area contributed by atoms with Crippen LogP contribution in [-0.2, 0) is 0 Å². The Morgan fingerprint density at radius 1 is 0.929 bits per heavy atom. The second-order valence-electron chi connectivity index (χ2n) is 2.70. The number of pyridine rings is 2. The zero-order valence-corrected chi connectivity index (χ0v) is 7.54. The second kappa shape index (κ2) is 4.28. The monoisotopic (exact) mass is 183 g/mol. The molecular weight excluding hydrogens is 174 g/mol. The highest BCUT2D eigenvalue weighted by Crippen LogP contribution is 2.04. The minimum atomic E-state index is 0.693. The van der Waals surface area contributed by atoms with E-state index in [0.717, 1.165) is 5.69 Å². The molecule has 0 aliphatic carbocycles. The Balaban J connectivity index is 2.16. The van der Waals surface area contributed by atoms with Crippen molar-refractivity contribution < 1.29 is 0 Å². The quantitative estimate of drug-likeness (QED) is 0.669. The van der Waals surface area contributed by atoms with Crippen LogP contribution < -0.4 is 0 Å². The van der Waals surface area contributed by atoms with Crippen LogP contribution in [0.2, 0.25) is 0 Å². The van der Waals surface area contributed by atoms with Gasteiger partial charge in [0.25, 0.3) is 0 Å². The van der Waals surface area contributed by atoms with Crippen LogP contribution in [0.15, 0.2) is 53.8 Å². The second-order valence-corrected chi connectivity index (χ2v) is 2.70. The highest BCUT2D eigenvalue weighted by Gasteiger charge is 1.87. The molecule has 0 saturated carbocycles. The predicted molar refractivity (Wildman–Crippen MR) is 55.7 cm³/mol. The van der Waals surface area contributed by atoms with Crippen molar-refractivity contribution in [3.05, 3.63) is 54.5 Å². The lowest BCUT2D eigenvalue weighted by Gasteiger charge is -1.91. The van der Waals surface area contributed by atoms with E-state index in [2.05, 4.69) is 15.0 Å². The van der Waals surface area contributed by atoms with Gasteiger partial charge in [0, 0.05) is 12.4 Å². The molecule has 2 heterocycles. The lowest BCUT2D eigenvalue weighted by atomic mass is 10.4. The van der Waals surface area contributed by atoms with Gasteiger partial charge in [-0.3, -0.25) is 4.98 Å². The number of hydrogen-bond donors (Lipinski definition) is 0. The molecule has 0 unspecified atom stereocenters. The van der Waals surface area contributed by atoms with Gasteiger partial charge in [-0.2, -0.15) is 0 Å². The summed E-state index contributed by atoms with van der Waals surface area (Å²) in [5.41, 5.74) is 0.832. The summed E-state index contributed by atoms with van der Waals surface area (Å²) in [4.78, 5) is 12.4. The van der Waals surface area contributed by atoms with Crippen LogP contribution in [0.3, 0.4) is 0 Å². The van der Waals surface area contributed by atoms with Crippen molar-refractivity contribution in [2.24, 2.45) is 4.99 Å². The first-order valence-electron chi connectivity index (χ1n) is 4.31. The van der Waals surface area contributed by atoms with Gasteiger partial charge in [0.1, 0.15) is 0 Å². The lowest BCUT2D eigenvalue weighted by molar-refractivity contribution is 1.26. The van der Waals surface area contributed by atoms with Gasteiger partial charge in [0.15, 0.2) is 5.82 Å². The minimum Gasteiger partial charge on any atom is -0.255 e. The van der Waals surface area contributed by atoms with Crippen LogP contribution in [0, 0.1) is 0 Å². The van der Waals surface area contributed by atoms with Gasteiger partial charge in [-0.25, -0.2) is 9.98 Å². The first-order valence-corrected chi connectivity index (χ1v) is 4.31. The molecule has 0 aliphatic heterocycles. The fraction of sp³-hybridized carbons (Fsp3) is 0. The van der Waals surface area contributed by atoms with E-state index in [-0.39, 0.29) is 0 Å². The van der Waals surface area contributed by atoms with Gasteiger partial charge in [0.05, 0.1) is 11.9 Å². The van der Waals surface area contributed by atoms with Gasteiger partial charge in [0.2, 0.25) is 0 Å². The van der Waals surface area contributed by atoms with Crippen LogP contribution in [0.5, 0.6) is 0 Å². The van der Waals surface area contributed by atoms with Crippen LogP contribution in [0.4, 0.5) is 5.82 Å². The van der Waals surface area contributed by atoms with E-state index in [1.54, 1.807) is 18.6 Å². The normalized spacial score (nSPS) is 10.6. The molecular formula is C11H9N3. The number of aromatic nitrogens is 2.